The first-order valence-corrected chi connectivity index (χ1v) is 7.65. The lowest BCUT2D eigenvalue weighted by Crippen LogP contribution is -2.08. The van der Waals surface area contributed by atoms with Crippen molar-refractivity contribution in [2.24, 2.45) is 5.92 Å². The second-order valence-electron chi connectivity index (χ2n) is 4.73. The van der Waals surface area contributed by atoms with Crippen molar-refractivity contribution in [2.75, 3.05) is 5.75 Å². The monoisotopic (exact) mass is 296 g/mol. The summed E-state index contributed by atoms with van der Waals surface area (Å²) in [5.41, 5.74) is 1.17. The van der Waals surface area contributed by atoms with Crippen LogP contribution in [0.4, 0.5) is 0 Å². The summed E-state index contributed by atoms with van der Waals surface area (Å²) in [4.78, 5) is 0. The van der Waals surface area contributed by atoms with E-state index in [4.69, 9.17) is 11.6 Å². The Hall–Kier alpha value is -1.07. The molecule has 0 radical (unpaired) electrons. The van der Waals surface area contributed by atoms with E-state index in [2.05, 4.69) is 35.4 Å². The largest absolute Gasteiger partial charge is 0.220 e. The Morgan fingerprint density at radius 3 is 2.84 bits per heavy atom. The highest BCUT2D eigenvalue weighted by atomic mass is 35.5. The second kappa shape index (κ2) is 6.91. The molecule has 0 spiro atoms. The zero-order valence-corrected chi connectivity index (χ0v) is 12.7. The molecule has 4 nitrogen and oxygen atoms in total. The highest BCUT2D eigenvalue weighted by molar-refractivity contribution is 7.99. The summed E-state index contributed by atoms with van der Waals surface area (Å²) in [6.07, 6.45) is 0.916. The number of thioether (sulfide) groups is 1. The summed E-state index contributed by atoms with van der Waals surface area (Å²) in [5.74, 6) is 1.45. The van der Waals surface area contributed by atoms with Crippen molar-refractivity contribution in [1.82, 2.24) is 20.2 Å². The minimum absolute atomic E-state index is 0.534. The van der Waals surface area contributed by atoms with Gasteiger partial charge in [0.1, 0.15) is 0 Å². The van der Waals surface area contributed by atoms with E-state index in [1.807, 2.05) is 22.9 Å². The topological polar surface area (TPSA) is 43.6 Å². The van der Waals surface area contributed by atoms with Gasteiger partial charge in [0, 0.05) is 17.3 Å². The van der Waals surface area contributed by atoms with Gasteiger partial charge < -0.3 is 0 Å². The van der Waals surface area contributed by atoms with Crippen molar-refractivity contribution < 1.29 is 0 Å². The third-order valence-electron chi connectivity index (χ3n) is 2.60. The number of hydrogen-bond acceptors (Lipinski definition) is 4. The maximum Gasteiger partial charge on any atom is 0.209 e. The average Bonchev–Trinajstić information content (AvgIpc) is 2.78. The fraction of sp³-hybridized carbons (Fsp3) is 0.462. The van der Waals surface area contributed by atoms with Crippen molar-refractivity contribution in [3.8, 4) is 0 Å². The number of hydrogen-bond donors (Lipinski definition) is 0. The van der Waals surface area contributed by atoms with Crippen LogP contribution in [0.1, 0.15) is 19.4 Å². The fourth-order valence-corrected chi connectivity index (χ4v) is 2.80. The van der Waals surface area contributed by atoms with Gasteiger partial charge in [-0.1, -0.05) is 55.4 Å². The first-order valence-electron chi connectivity index (χ1n) is 6.29. The standard InChI is InChI=1S/C13H17ClN4S/c1-10(2)9-18-13(15-16-17-18)19-8-7-11-5-3-4-6-12(11)14/h3-6,10H,7-9H2,1-2H3. The first kappa shape index (κ1) is 14.3. The zero-order chi connectivity index (χ0) is 13.7. The Kier molecular flexibility index (Phi) is 5.22. The van der Waals surface area contributed by atoms with Gasteiger partial charge in [-0.15, -0.1) is 5.10 Å². The normalized spacial score (nSPS) is 11.2. The van der Waals surface area contributed by atoms with Crippen LogP contribution >= 0.6 is 23.4 Å². The summed E-state index contributed by atoms with van der Waals surface area (Å²) in [6.45, 7) is 5.15. The van der Waals surface area contributed by atoms with E-state index in [1.165, 1.54) is 5.56 Å². The molecular weight excluding hydrogens is 280 g/mol. The summed E-state index contributed by atoms with van der Waals surface area (Å²) in [7, 11) is 0. The summed E-state index contributed by atoms with van der Waals surface area (Å²) in [6, 6.07) is 7.93. The molecular formula is C13H17ClN4S. The Bertz CT molecular complexity index is 527. The number of benzene rings is 1. The predicted octanol–water partition coefficient (Wildman–Crippen LogP) is 3.32. The molecule has 0 bridgehead atoms. The van der Waals surface area contributed by atoms with Crippen LogP contribution in [0.2, 0.25) is 5.02 Å². The van der Waals surface area contributed by atoms with Gasteiger partial charge in [-0.25, -0.2) is 4.68 Å². The molecule has 0 aliphatic rings. The lowest BCUT2D eigenvalue weighted by atomic mass is 10.2. The lowest BCUT2D eigenvalue weighted by Gasteiger charge is -2.07. The Labute approximate surface area is 122 Å². The molecule has 0 saturated heterocycles. The smallest absolute Gasteiger partial charge is 0.209 e. The number of aryl methyl sites for hydroxylation is 1. The van der Waals surface area contributed by atoms with E-state index in [1.54, 1.807) is 11.8 Å². The molecule has 0 aliphatic carbocycles. The van der Waals surface area contributed by atoms with Crippen molar-refractivity contribution >= 4 is 23.4 Å². The van der Waals surface area contributed by atoms with Crippen LogP contribution in [0, 0.1) is 5.92 Å². The summed E-state index contributed by atoms with van der Waals surface area (Å²) in [5, 5.41) is 13.5. The Morgan fingerprint density at radius 2 is 2.11 bits per heavy atom. The molecule has 0 fully saturated rings. The van der Waals surface area contributed by atoms with Gasteiger partial charge in [0.25, 0.3) is 0 Å². The van der Waals surface area contributed by atoms with E-state index < -0.39 is 0 Å². The molecule has 1 aromatic carbocycles. The number of aromatic nitrogens is 4. The van der Waals surface area contributed by atoms with Crippen LogP contribution in [0.15, 0.2) is 29.4 Å². The molecule has 1 heterocycles. The zero-order valence-electron chi connectivity index (χ0n) is 11.1. The van der Waals surface area contributed by atoms with Gasteiger partial charge in [0.2, 0.25) is 5.16 Å². The van der Waals surface area contributed by atoms with Crippen LogP contribution in [-0.2, 0) is 13.0 Å². The van der Waals surface area contributed by atoms with Gasteiger partial charge in [0.05, 0.1) is 0 Å². The third kappa shape index (κ3) is 4.21. The van der Waals surface area contributed by atoms with Gasteiger partial charge >= 0.3 is 0 Å². The molecule has 19 heavy (non-hydrogen) atoms. The second-order valence-corrected chi connectivity index (χ2v) is 6.20. The third-order valence-corrected chi connectivity index (χ3v) is 3.93. The average molecular weight is 297 g/mol. The maximum absolute atomic E-state index is 6.13. The lowest BCUT2D eigenvalue weighted by molar-refractivity contribution is 0.446. The molecule has 0 amide bonds. The molecule has 0 aliphatic heterocycles. The molecule has 102 valence electrons. The number of nitrogens with zero attached hydrogens (tertiary/aromatic N) is 4. The van der Waals surface area contributed by atoms with Crippen molar-refractivity contribution in [3.05, 3.63) is 34.9 Å². The highest BCUT2D eigenvalue weighted by Crippen LogP contribution is 2.20. The molecule has 0 N–H and O–H groups in total. The van der Waals surface area contributed by atoms with E-state index in [0.29, 0.717) is 5.92 Å². The summed E-state index contributed by atoms with van der Waals surface area (Å²) < 4.78 is 1.86. The van der Waals surface area contributed by atoms with Gasteiger partial charge in [-0.2, -0.15) is 0 Å². The quantitative estimate of drug-likeness (QED) is 0.767. The van der Waals surface area contributed by atoms with Crippen molar-refractivity contribution in [2.45, 2.75) is 32.0 Å². The van der Waals surface area contributed by atoms with Gasteiger partial charge in [-0.3, -0.25) is 0 Å². The number of rotatable bonds is 6. The highest BCUT2D eigenvalue weighted by Gasteiger charge is 2.08. The van der Waals surface area contributed by atoms with Crippen LogP contribution < -0.4 is 0 Å². The fourth-order valence-electron chi connectivity index (χ4n) is 1.71. The SMILES string of the molecule is CC(C)Cn1nnnc1SCCc1ccccc1Cl. The number of tetrazole rings is 1. The van der Waals surface area contributed by atoms with Crippen molar-refractivity contribution in [3.63, 3.8) is 0 Å². The minimum Gasteiger partial charge on any atom is -0.220 e. The molecule has 2 rings (SSSR count). The molecule has 6 heteroatoms. The molecule has 1 aromatic heterocycles. The predicted molar refractivity (Wildman–Crippen MR) is 78.5 cm³/mol. The van der Waals surface area contributed by atoms with Crippen LogP contribution in [0.5, 0.6) is 0 Å². The molecule has 0 atom stereocenters. The van der Waals surface area contributed by atoms with Crippen LogP contribution in [-0.4, -0.2) is 26.0 Å². The summed E-state index contributed by atoms with van der Waals surface area (Å²) >= 11 is 7.80. The van der Waals surface area contributed by atoms with E-state index in [9.17, 15) is 0 Å². The minimum atomic E-state index is 0.534. The molecule has 0 unspecified atom stereocenters. The Balaban J connectivity index is 1.89. The van der Waals surface area contributed by atoms with Gasteiger partial charge in [-0.05, 0) is 34.4 Å². The first-order chi connectivity index (χ1) is 9.16. The van der Waals surface area contributed by atoms with E-state index in [-0.39, 0.29) is 0 Å². The van der Waals surface area contributed by atoms with Crippen LogP contribution in [0.3, 0.4) is 0 Å². The van der Waals surface area contributed by atoms with Crippen LogP contribution in [0.25, 0.3) is 0 Å². The van der Waals surface area contributed by atoms with E-state index in [0.717, 1.165) is 28.9 Å². The molecule has 0 saturated carbocycles. The van der Waals surface area contributed by atoms with Crippen molar-refractivity contribution in [1.29, 1.82) is 0 Å². The van der Waals surface area contributed by atoms with E-state index >= 15 is 0 Å². The number of halogens is 1. The van der Waals surface area contributed by atoms with Gasteiger partial charge in [0.15, 0.2) is 0 Å². The Morgan fingerprint density at radius 1 is 1.32 bits per heavy atom. The molecule has 2 aromatic rings. The maximum atomic E-state index is 6.13.